The molecule has 0 saturated heterocycles. The van der Waals surface area contributed by atoms with Crippen LogP contribution in [-0.4, -0.2) is 31.4 Å². The van der Waals surface area contributed by atoms with Crippen molar-refractivity contribution in [3.05, 3.63) is 84.4 Å². The van der Waals surface area contributed by atoms with Crippen molar-refractivity contribution in [3.8, 4) is 0 Å². The maximum Gasteiger partial charge on any atom is 0.330 e. The minimum Gasteiger partial charge on any atom is -0.465 e. The van der Waals surface area contributed by atoms with Gasteiger partial charge in [-0.3, -0.25) is 4.79 Å². The van der Waals surface area contributed by atoms with Crippen LogP contribution in [0.15, 0.2) is 73.3 Å². The molecule has 2 unspecified atom stereocenters. The molecule has 0 aromatic heterocycles. The average Bonchev–Trinajstić information content (AvgIpc) is 2.87. The number of benzene rings is 2. The average molecular weight is 507 g/mol. The molecule has 2 atom stereocenters. The van der Waals surface area contributed by atoms with Crippen molar-refractivity contribution in [2.45, 2.75) is 59.8 Å². The molecule has 200 valence electrons. The van der Waals surface area contributed by atoms with Crippen molar-refractivity contribution in [2.24, 2.45) is 22.7 Å². The van der Waals surface area contributed by atoms with Gasteiger partial charge in [0.1, 0.15) is 6.29 Å². The zero-order chi connectivity index (χ0) is 27.3. The molecule has 0 heterocycles. The van der Waals surface area contributed by atoms with Crippen molar-refractivity contribution < 1.29 is 23.9 Å². The Morgan fingerprint density at radius 2 is 1.32 bits per heavy atom. The Hall–Kier alpha value is -3.21. The molecule has 2 aromatic carbocycles. The second-order valence-electron chi connectivity index (χ2n) is 11.1. The second kappa shape index (κ2) is 14.5. The number of ether oxygens (including phenoxy) is 2. The fraction of sp³-hybridized carbons (Fsp3) is 0.469. The third-order valence-corrected chi connectivity index (χ3v) is 7.08. The molecule has 0 aliphatic rings. The fourth-order valence-corrected chi connectivity index (χ4v) is 5.04. The maximum absolute atomic E-state index is 13.4. The molecule has 2 rings (SSSR count). The molecule has 37 heavy (non-hydrogen) atoms. The molecule has 0 radical (unpaired) electrons. The van der Waals surface area contributed by atoms with Crippen LogP contribution in [0.25, 0.3) is 0 Å². The first-order chi connectivity index (χ1) is 17.6. The summed E-state index contributed by atoms with van der Waals surface area (Å²) in [5, 5.41) is 0. The molecular formula is C32H42O5. The number of carbonyl (C=O) groups excluding carboxylic acids is 3. The molecule has 0 fully saturated rings. The summed E-state index contributed by atoms with van der Waals surface area (Å²) < 4.78 is 10.7. The van der Waals surface area contributed by atoms with E-state index in [4.69, 9.17) is 9.47 Å². The largest absolute Gasteiger partial charge is 0.465 e. The monoisotopic (exact) mass is 506 g/mol. The smallest absolute Gasteiger partial charge is 0.330 e. The van der Waals surface area contributed by atoms with Gasteiger partial charge in [0.25, 0.3) is 0 Å². The highest BCUT2D eigenvalue weighted by Crippen LogP contribution is 2.45. The van der Waals surface area contributed by atoms with E-state index >= 15 is 0 Å². The summed E-state index contributed by atoms with van der Waals surface area (Å²) in [5.74, 6) is -1.25. The molecule has 5 heteroatoms. The van der Waals surface area contributed by atoms with E-state index < -0.39 is 11.4 Å². The fourth-order valence-electron chi connectivity index (χ4n) is 5.04. The molecule has 5 nitrogen and oxygen atoms in total. The molecule has 0 bridgehead atoms. The van der Waals surface area contributed by atoms with Gasteiger partial charge in [-0.15, -0.1) is 0 Å². The summed E-state index contributed by atoms with van der Waals surface area (Å²) in [6, 6.07) is 20.0. The van der Waals surface area contributed by atoms with Crippen molar-refractivity contribution in [1.29, 1.82) is 0 Å². The van der Waals surface area contributed by atoms with Crippen LogP contribution >= 0.6 is 0 Å². The van der Waals surface area contributed by atoms with Gasteiger partial charge >= 0.3 is 11.9 Å². The number of unbranched alkanes of at least 4 members (excludes halogenated alkanes) is 1. The van der Waals surface area contributed by atoms with Gasteiger partial charge in [-0.25, -0.2) is 4.79 Å². The lowest BCUT2D eigenvalue weighted by Crippen LogP contribution is -2.40. The number of hydrogen-bond donors (Lipinski definition) is 0. The summed E-state index contributed by atoms with van der Waals surface area (Å²) in [5.41, 5.74) is 1.45. The Balaban J connectivity index is 2.11. The van der Waals surface area contributed by atoms with Crippen LogP contribution < -0.4 is 0 Å². The maximum atomic E-state index is 13.4. The lowest BCUT2D eigenvalue weighted by atomic mass is 9.62. The van der Waals surface area contributed by atoms with E-state index in [9.17, 15) is 14.4 Å². The predicted molar refractivity (Wildman–Crippen MR) is 147 cm³/mol. The summed E-state index contributed by atoms with van der Waals surface area (Å²) in [4.78, 5) is 36.8. The zero-order valence-electron chi connectivity index (χ0n) is 22.8. The van der Waals surface area contributed by atoms with Gasteiger partial charge in [-0.2, -0.15) is 0 Å². The van der Waals surface area contributed by atoms with Crippen LogP contribution in [-0.2, 0) is 36.7 Å². The molecule has 0 N–H and O–H groups in total. The molecule has 0 saturated carbocycles. The van der Waals surface area contributed by atoms with E-state index in [-0.39, 0.29) is 36.4 Å². The number of esters is 2. The molecule has 0 amide bonds. The van der Waals surface area contributed by atoms with Crippen LogP contribution in [0.2, 0.25) is 0 Å². The van der Waals surface area contributed by atoms with Gasteiger partial charge in [0, 0.05) is 12.0 Å². The third-order valence-electron chi connectivity index (χ3n) is 7.08. The van der Waals surface area contributed by atoms with E-state index in [0.717, 1.165) is 23.5 Å². The Morgan fingerprint density at radius 1 is 0.811 bits per heavy atom. The first-order valence-corrected chi connectivity index (χ1v) is 13.1. The van der Waals surface area contributed by atoms with Gasteiger partial charge in [0.15, 0.2) is 0 Å². The standard InChI is InChI=1S/C32H42O5/c1-6-29(34)36-19-13-14-20-37-30(35)28(22-26-17-11-8-12-18-26)32(4,5)24-31(2,3)27(23-33)21-25-15-9-7-10-16-25/h6-12,15-18,23,27-28H,1,13-14,19-22,24H2,2-5H3. The van der Waals surface area contributed by atoms with Crippen molar-refractivity contribution in [1.82, 2.24) is 0 Å². The van der Waals surface area contributed by atoms with Gasteiger partial charge in [-0.1, -0.05) is 94.9 Å². The topological polar surface area (TPSA) is 69.7 Å². The SMILES string of the molecule is C=CC(=O)OCCCCOC(=O)C(Cc1ccccc1)C(C)(C)CC(C)(C)C(C=O)Cc1ccccc1. The number of carbonyl (C=O) groups is 3. The molecule has 0 spiro atoms. The second-order valence-corrected chi connectivity index (χ2v) is 11.1. The van der Waals surface area contributed by atoms with Crippen molar-refractivity contribution >= 4 is 18.2 Å². The van der Waals surface area contributed by atoms with Crippen molar-refractivity contribution in [3.63, 3.8) is 0 Å². The van der Waals surface area contributed by atoms with Crippen molar-refractivity contribution in [2.75, 3.05) is 13.2 Å². The van der Waals surface area contributed by atoms with Crippen LogP contribution in [0, 0.1) is 22.7 Å². The summed E-state index contributed by atoms with van der Waals surface area (Å²) in [6.07, 6.45) is 5.30. The number of aldehydes is 1. The Bertz CT molecular complexity index is 994. The van der Waals surface area contributed by atoms with Gasteiger partial charge in [-0.05, 0) is 54.1 Å². The Morgan fingerprint density at radius 3 is 1.84 bits per heavy atom. The third kappa shape index (κ3) is 9.99. The minimum atomic E-state index is -0.454. The first kappa shape index (κ1) is 30.0. The Kier molecular flexibility index (Phi) is 11.8. The summed E-state index contributed by atoms with van der Waals surface area (Å²) >= 11 is 0. The van der Waals surface area contributed by atoms with E-state index in [1.54, 1.807) is 0 Å². The lowest BCUT2D eigenvalue weighted by Gasteiger charge is -2.42. The number of rotatable bonds is 16. The zero-order valence-corrected chi connectivity index (χ0v) is 22.8. The van der Waals surface area contributed by atoms with E-state index in [2.05, 4.69) is 34.3 Å². The van der Waals surface area contributed by atoms with Gasteiger partial charge < -0.3 is 14.3 Å². The first-order valence-electron chi connectivity index (χ1n) is 13.1. The van der Waals surface area contributed by atoms with Crippen LogP contribution in [0.1, 0.15) is 58.1 Å². The Labute approximate surface area is 222 Å². The lowest BCUT2D eigenvalue weighted by molar-refractivity contribution is -0.154. The number of hydrogen-bond acceptors (Lipinski definition) is 5. The molecular weight excluding hydrogens is 464 g/mol. The van der Waals surface area contributed by atoms with E-state index in [1.807, 2.05) is 60.7 Å². The highest BCUT2D eigenvalue weighted by molar-refractivity contribution is 5.81. The normalized spacial score (nSPS) is 13.3. The van der Waals surface area contributed by atoms with Crippen LogP contribution in [0.4, 0.5) is 0 Å². The van der Waals surface area contributed by atoms with Gasteiger partial charge in [0.05, 0.1) is 19.1 Å². The highest BCUT2D eigenvalue weighted by atomic mass is 16.5. The quantitative estimate of drug-likeness (QED) is 0.114. The predicted octanol–water partition coefficient (Wildman–Crippen LogP) is 6.40. The highest BCUT2D eigenvalue weighted by Gasteiger charge is 2.42. The molecule has 0 aliphatic carbocycles. The van der Waals surface area contributed by atoms with Gasteiger partial charge in [0.2, 0.25) is 0 Å². The molecule has 2 aromatic rings. The van der Waals surface area contributed by atoms with Crippen LogP contribution in [0.5, 0.6) is 0 Å². The summed E-state index contributed by atoms with van der Waals surface area (Å²) in [7, 11) is 0. The van der Waals surface area contributed by atoms with E-state index in [0.29, 0.717) is 32.1 Å². The summed E-state index contributed by atoms with van der Waals surface area (Å²) in [6.45, 7) is 12.3. The minimum absolute atomic E-state index is 0.180. The van der Waals surface area contributed by atoms with Crippen LogP contribution in [0.3, 0.4) is 0 Å². The van der Waals surface area contributed by atoms with E-state index in [1.165, 1.54) is 0 Å². The molecule has 0 aliphatic heterocycles.